The number of fused-ring (bicyclic) bond motifs is 1. The van der Waals surface area contributed by atoms with Crippen LogP contribution in [0.25, 0.3) is 16.7 Å². The number of anilines is 1. The molecule has 0 fully saturated rings. The Morgan fingerprint density at radius 2 is 1.73 bits per heavy atom. The van der Waals surface area contributed by atoms with Crippen LogP contribution in [0.15, 0.2) is 52.2 Å². The molecular weight excluding hydrogens is 464 g/mol. The van der Waals surface area contributed by atoms with Crippen molar-refractivity contribution in [1.82, 2.24) is 34.9 Å². The van der Waals surface area contributed by atoms with Crippen molar-refractivity contribution < 1.29 is 0 Å². The Hall–Kier alpha value is -2.46. The first-order valence-electron chi connectivity index (χ1n) is 7.67. The fraction of sp³-hybridized carbons (Fsp3) is 0.125. The number of benzene rings is 1. The van der Waals surface area contributed by atoms with Gasteiger partial charge in [0, 0.05) is 26.7 Å². The highest BCUT2D eigenvalue weighted by molar-refractivity contribution is 9.11. The summed E-state index contributed by atoms with van der Waals surface area (Å²) >= 11 is 7.05. The molecule has 1 aromatic carbocycles. The number of nitrogens with zero attached hydrogens (tertiary/aromatic N) is 7. The van der Waals surface area contributed by atoms with Crippen LogP contribution in [-0.2, 0) is 0 Å². The summed E-state index contributed by atoms with van der Waals surface area (Å²) in [6.07, 6.45) is 7.99. The summed E-state index contributed by atoms with van der Waals surface area (Å²) in [4.78, 5) is 19.0. The summed E-state index contributed by atoms with van der Waals surface area (Å²) in [5, 5.41) is 12.6. The lowest BCUT2D eigenvalue weighted by Gasteiger charge is -2.17. The number of hydrogen-bond donors (Lipinski definition) is 1. The van der Waals surface area contributed by atoms with Gasteiger partial charge in [-0.15, -0.1) is 4.80 Å². The lowest BCUT2D eigenvalue weighted by molar-refractivity contribution is 0.690. The molecule has 1 atom stereocenters. The lowest BCUT2D eigenvalue weighted by Crippen LogP contribution is -2.16. The van der Waals surface area contributed by atoms with Gasteiger partial charge in [-0.05, 0) is 35.0 Å². The monoisotopic (exact) mass is 474 g/mol. The topological polar surface area (TPSA) is 94.3 Å². The lowest BCUT2D eigenvalue weighted by atomic mass is 10.2. The molecule has 0 saturated heterocycles. The second kappa shape index (κ2) is 7.04. The zero-order valence-corrected chi connectivity index (χ0v) is 16.7. The first-order chi connectivity index (χ1) is 12.6. The smallest absolute Gasteiger partial charge is 0.198 e. The molecule has 0 amide bonds. The van der Waals surface area contributed by atoms with Crippen LogP contribution in [-0.4, -0.2) is 34.9 Å². The van der Waals surface area contributed by atoms with Crippen LogP contribution < -0.4 is 5.32 Å². The molecule has 0 radical (unpaired) electrons. The molecule has 0 aliphatic heterocycles. The van der Waals surface area contributed by atoms with Gasteiger partial charge >= 0.3 is 0 Å². The summed E-state index contributed by atoms with van der Waals surface area (Å²) in [7, 11) is 0. The standard InChI is InChI=1S/C16H12Br2N8/c1-9(13-16(20-3-2-19-13)26-23-4-5-24-26)25-15-11-6-10(17)7-12(18)14(11)21-8-22-15/h2-9H,1H3,(H,21,22,25). The van der Waals surface area contributed by atoms with Crippen molar-refractivity contribution in [3.05, 3.63) is 57.9 Å². The SMILES string of the molecule is CC(Nc1ncnc2c(Br)cc(Br)cc12)c1nccnc1-n1nccn1. The van der Waals surface area contributed by atoms with Crippen LogP contribution in [0.1, 0.15) is 18.7 Å². The van der Waals surface area contributed by atoms with Gasteiger partial charge in [0.05, 0.1) is 24.0 Å². The minimum atomic E-state index is -0.180. The van der Waals surface area contributed by atoms with Crippen molar-refractivity contribution in [3.63, 3.8) is 0 Å². The van der Waals surface area contributed by atoms with Gasteiger partial charge in [0.15, 0.2) is 5.82 Å². The largest absolute Gasteiger partial charge is 0.361 e. The van der Waals surface area contributed by atoms with E-state index >= 15 is 0 Å². The van der Waals surface area contributed by atoms with E-state index in [9.17, 15) is 0 Å². The third kappa shape index (κ3) is 3.17. The van der Waals surface area contributed by atoms with Crippen LogP contribution >= 0.6 is 31.9 Å². The van der Waals surface area contributed by atoms with Gasteiger partial charge in [0.2, 0.25) is 0 Å². The summed E-state index contributed by atoms with van der Waals surface area (Å²) in [6.45, 7) is 1.98. The molecule has 0 saturated carbocycles. The average molecular weight is 476 g/mol. The second-order valence-electron chi connectivity index (χ2n) is 5.46. The highest BCUT2D eigenvalue weighted by Crippen LogP contribution is 2.31. The maximum absolute atomic E-state index is 4.46. The van der Waals surface area contributed by atoms with Crippen molar-refractivity contribution in [1.29, 1.82) is 0 Å². The molecule has 26 heavy (non-hydrogen) atoms. The minimum Gasteiger partial charge on any atom is -0.361 e. The first-order valence-corrected chi connectivity index (χ1v) is 9.26. The van der Waals surface area contributed by atoms with Gasteiger partial charge in [-0.2, -0.15) is 10.2 Å². The van der Waals surface area contributed by atoms with E-state index in [-0.39, 0.29) is 6.04 Å². The van der Waals surface area contributed by atoms with E-state index in [0.717, 1.165) is 19.8 Å². The average Bonchev–Trinajstić information content (AvgIpc) is 3.17. The quantitative estimate of drug-likeness (QED) is 0.480. The molecule has 8 nitrogen and oxygen atoms in total. The predicted molar refractivity (Wildman–Crippen MR) is 104 cm³/mol. The van der Waals surface area contributed by atoms with Crippen LogP contribution in [0.3, 0.4) is 0 Å². The van der Waals surface area contributed by atoms with Gasteiger partial charge in [0.1, 0.15) is 17.8 Å². The molecular formula is C16H12Br2N8. The number of halogens is 2. The Kier molecular flexibility index (Phi) is 4.60. The van der Waals surface area contributed by atoms with E-state index in [0.29, 0.717) is 17.3 Å². The summed E-state index contributed by atoms with van der Waals surface area (Å²) in [6, 6.07) is 3.75. The van der Waals surface area contributed by atoms with Crippen LogP contribution in [0.4, 0.5) is 5.82 Å². The van der Waals surface area contributed by atoms with Crippen molar-refractivity contribution in [2.75, 3.05) is 5.32 Å². The van der Waals surface area contributed by atoms with Crippen molar-refractivity contribution in [3.8, 4) is 5.82 Å². The van der Waals surface area contributed by atoms with Gasteiger partial charge in [-0.25, -0.2) is 15.0 Å². The van der Waals surface area contributed by atoms with Gasteiger partial charge < -0.3 is 5.32 Å². The molecule has 3 heterocycles. The number of rotatable bonds is 4. The fourth-order valence-corrected chi connectivity index (χ4v) is 3.93. The Bertz CT molecular complexity index is 1070. The normalized spacial score (nSPS) is 12.3. The summed E-state index contributed by atoms with van der Waals surface area (Å²) < 4.78 is 1.82. The van der Waals surface area contributed by atoms with Gasteiger partial charge in [0.25, 0.3) is 0 Å². The van der Waals surface area contributed by atoms with Gasteiger partial charge in [-0.1, -0.05) is 15.9 Å². The van der Waals surface area contributed by atoms with Crippen LogP contribution in [0, 0.1) is 0 Å². The highest BCUT2D eigenvalue weighted by atomic mass is 79.9. The van der Waals surface area contributed by atoms with E-state index in [4.69, 9.17) is 0 Å². The molecule has 0 aliphatic carbocycles. The molecule has 1 unspecified atom stereocenters. The minimum absolute atomic E-state index is 0.180. The maximum atomic E-state index is 4.46. The Balaban J connectivity index is 1.74. The first kappa shape index (κ1) is 17.0. The molecule has 4 rings (SSSR count). The van der Waals surface area contributed by atoms with Crippen LogP contribution in [0.5, 0.6) is 0 Å². The molecule has 1 N–H and O–H groups in total. The predicted octanol–water partition coefficient (Wildman–Crippen LogP) is 3.70. The Labute approximate surface area is 165 Å². The number of hydrogen-bond acceptors (Lipinski definition) is 7. The number of aromatic nitrogens is 7. The third-order valence-corrected chi connectivity index (χ3v) is 4.80. The molecule has 0 spiro atoms. The zero-order chi connectivity index (χ0) is 18.1. The van der Waals surface area contributed by atoms with E-state index < -0.39 is 0 Å². The molecule has 0 bridgehead atoms. The second-order valence-corrected chi connectivity index (χ2v) is 7.23. The van der Waals surface area contributed by atoms with Crippen LogP contribution in [0.2, 0.25) is 0 Å². The highest BCUT2D eigenvalue weighted by Gasteiger charge is 2.18. The van der Waals surface area contributed by atoms with Crippen molar-refractivity contribution in [2.45, 2.75) is 13.0 Å². The van der Waals surface area contributed by atoms with Crippen molar-refractivity contribution in [2.24, 2.45) is 0 Å². The number of nitrogens with one attached hydrogen (secondary N) is 1. The van der Waals surface area contributed by atoms with E-state index in [2.05, 4.69) is 67.3 Å². The summed E-state index contributed by atoms with van der Waals surface area (Å²) in [5.74, 6) is 1.27. The fourth-order valence-electron chi connectivity index (χ4n) is 2.61. The third-order valence-electron chi connectivity index (χ3n) is 3.73. The van der Waals surface area contributed by atoms with E-state index in [1.807, 2.05) is 19.1 Å². The summed E-state index contributed by atoms with van der Waals surface area (Å²) in [5.41, 5.74) is 1.54. The van der Waals surface area contributed by atoms with Crippen molar-refractivity contribution >= 4 is 48.6 Å². The zero-order valence-electron chi connectivity index (χ0n) is 13.5. The Morgan fingerprint density at radius 3 is 2.54 bits per heavy atom. The maximum Gasteiger partial charge on any atom is 0.198 e. The molecule has 3 aromatic heterocycles. The Morgan fingerprint density at radius 1 is 0.962 bits per heavy atom. The molecule has 4 aromatic rings. The van der Waals surface area contributed by atoms with E-state index in [1.54, 1.807) is 24.8 Å². The molecule has 0 aliphatic rings. The molecule has 10 heteroatoms. The molecule has 130 valence electrons. The van der Waals surface area contributed by atoms with E-state index in [1.165, 1.54) is 11.1 Å². The van der Waals surface area contributed by atoms with Gasteiger partial charge in [-0.3, -0.25) is 4.98 Å².